The summed E-state index contributed by atoms with van der Waals surface area (Å²) in [5, 5.41) is 11.1. The molecule has 5 nitrogen and oxygen atoms in total. The van der Waals surface area contributed by atoms with Crippen LogP contribution in [0.4, 0.5) is 0 Å². The molecule has 3 heterocycles. The Kier molecular flexibility index (Phi) is 4.99. The first-order valence-electron chi connectivity index (χ1n) is 10.1. The molecular formula is C23H29ClN4O. The normalized spacial score (nSPS) is 25.0. The van der Waals surface area contributed by atoms with Crippen LogP contribution >= 0.6 is 11.6 Å². The predicted octanol–water partition coefficient (Wildman–Crippen LogP) is 3.75. The molecule has 1 atom stereocenters. The molecular weight excluding hydrogens is 384 g/mol. The number of benzene rings is 1. The number of amides is 1. The molecule has 0 spiro atoms. The summed E-state index contributed by atoms with van der Waals surface area (Å²) in [6.45, 7) is 8.76. The summed E-state index contributed by atoms with van der Waals surface area (Å²) >= 11 is 6.20. The van der Waals surface area contributed by atoms with Gasteiger partial charge in [-0.05, 0) is 64.8 Å². The number of hydrogen-bond donors (Lipinski definition) is 3. The van der Waals surface area contributed by atoms with E-state index in [1.165, 1.54) is 0 Å². The van der Waals surface area contributed by atoms with E-state index in [2.05, 4.69) is 43.6 Å². The van der Waals surface area contributed by atoms with Gasteiger partial charge in [0.2, 0.25) is 0 Å². The minimum absolute atomic E-state index is 0.0158. The average Bonchev–Trinajstić information content (AvgIpc) is 2.99. The number of nitrogens with zero attached hydrogens (tertiary/aromatic N) is 1. The number of halogens is 1. The molecule has 1 fully saturated rings. The van der Waals surface area contributed by atoms with Crippen LogP contribution in [0, 0.1) is 0 Å². The highest BCUT2D eigenvalue weighted by molar-refractivity contribution is 6.30. The second-order valence-corrected chi connectivity index (χ2v) is 9.87. The van der Waals surface area contributed by atoms with Crippen LogP contribution in [0.5, 0.6) is 0 Å². The number of nitrogens with one attached hydrogen (secondary N) is 3. The highest BCUT2D eigenvalue weighted by Gasteiger charge is 2.41. The molecule has 0 bridgehead atoms. The summed E-state index contributed by atoms with van der Waals surface area (Å²) in [6.07, 6.45) is 9.20. The van der Waals surface area contributed by atoms with Gasteiger partial charge in [-0.1, -0.05) is 29.8 Å². The van der Waals surface area contributed by atoms with Crippen molar-refractivity contribution >= 4 is 23.2 Å². The maximum atomic E-state index is 13.3. The third kappa shape index (κ3) is 4.21. The summed E-state index contributed by atoms with van der Waals surface area (Å²) in [5.74, 6) is -0.0158. The summed E-state index contributed by atoms with van der Waals surface area (Å²) in [7, 11) is 0. The molecule has 3 N–H and O–H groups in total. The number of carbonyl (C=O) groups is 1. The molecule has 1 unspecified atom stereocenters. The SMILES string of the molecule is CC1(C)CC(NC(=O)C2NC(c3cccc(Cl)c3)=C3C=CC=CN32)CC(C)(C)N1. The average molecular weight is 413 g/mol. The fraction of sp³-hybridized carbons (Fsp3) is 0.435. The molecule has 1 amide bonds. The molecule has 154 valence electrons. The summed E-state index contributed by atoms with van der Waals surface area (Å²) in [5.41, 5.74) is 2.81. The Balaban J connectivity index is 1.55. The first-order chi connectivity index (χ1) is 13.6. The van der Waals surface area contributed by atoms with Gasteiger partial charge in [-0.2, -0.15) is 0 Å². The summed E-state index contributed by atoms with van der Waals surface area (Å²) < 4.78 is 0. The van der Waals surface area contributed by atoms with Gasteiger partial charge in [0.1, 0.15) is 0 Å². The second kappa shape index (κ2) is 7.22. The van der Waals surface area contributed by atoms with Gasteiger partial charge in [0, 0.05) is 33.9 Å². The number of piperidine rings is 1. The van der Waals surface area contributed by atoms with Crippen LogP contribution < -0.4 is 16.0 Å². The van der Waals surface area contributed by atoms with Crippen molar-refractivity contribution in [2.24, 2.45) is 0 Å². The molecule has 0 aromatic heterocycles. The molecule has 3 aliphatic rings. The molecule has 1 saturated heterocycles. The summed E-state index contributed by atoms with van der Waals surface area (Å²) in [6, 6.07) is 7.82. The van der Waals surface area contributed by atoms with E-state index in [0.717, 1.165) is 29.8 Å². The maximum Gasteiger partial charge on any atom is 0.264 e. The number of rotatable bonds is 3. The quantitative estimate of drug-likeness (QED) is 0.707. The van der Waals surface area contributed by atoms with Crippen molar-refractivity contribution in [2.45, 2.75) is 63.8 Å². The first-order valence-corrected chi connectivity index (χ1v) is 10.5. The van der Waals surface area contributed by atoms with Crippen LogP contribution in [0.1, 0.15) is 46.1 Å². The molecule has 6 heteroatoms. The molecule has 29 heavy (non-hydrogen) atoms. The van der Waals surface area contributed by atoms with Gasteiger partial charge >= 0.3 is 0 Å². The predicted molar refractivity (Wildman–Crippen MR) is 118 cm³/mol. The van der Waals surface area contributed by atoms with Crippen molar-refractivity contribution in [3.8, 4) is 0 Å². The minimum Gasteiger partial charge on any atom is -0.355 e. The number of allylic oxidation sites excluding steroid dienone is 3. The standard InChI is InChI=1S/C23H29ClN4O/c1-22(2)13-17(14-23(3,4)27-22)25-21(29)20-26-19(15-8-7-9-16(24)12-15)18-10-5-6-11-28(18)20/h5-12,17,20,26-27H,13-14H2,1-4H3,(H,25,29). The zero-order chi connectivity index (χ0) is 20.8. The van der Waals surface area contributed by atoms with E-state index in [1.54, 1.807) is 0 Å². The van der Waals surface area contributed by atoms with E-state index in [1.807, 2.05) is 53.6 Å². The Hall–Kier alpha value is -2.24. The van der Waals surface area contributed by atoms with E-state index in [9.17, 15) is 4.79 Å². The van der Waals surface area contributed by atoms with Crippen molar-refractivity contribution in [1.82, 2.24) is 20.9 Å². The van der Waals surface area contributed by atoms with Gasteiger partial charge in [-0.25, -0.2) is 0 Å². The Morgan fingerprint density at radius 1 is 1.17 bits per heavy atom. The Morgan fingerprint density at radius 3 is 2.59 bits per heavy atom. The van der Waals surface area contributed by atoms with Crippen LogP contribution in [-0.4, -0.2) is 34.1 Å². The molecule has 0 aliphatic carbocycles. The van der Waals surface area contributed by atoms with Gasteiger partial charge < -0.3 is 20.9 Å². The molecule has 1 aromatic carbocycles. The van der Waals surface area contributed by atoms with Crippen molar-refractivity contribution in [3.05, 3.63) is 65.0 Å². The lowest BCUT2D eigenvalue weighted by molar-refractivity contribution is -0.126. The number of carbonyl (C=O) groups excluding carboxylic acids is 1. The van der Waals surface area contributed by atoms with E-state index in [-0.39, 0.29) is 23.0 Å². The highest BCUT2D eigenvalue weighted by atomic mass is 35.5. The minimum atomic E-state index is -0.485. The monoisotopic (exact) mass is 412 g/mol. The molecule has 0 radical (unpaired) electrons. The molecule has 1 aromatic rings. The largest absolute Gasteiger partial charge is 0.355 e. The van der Waals surface area contributed by atoms with Crippen LogP contribution in [0.2, 0.25) is 5.02 Å². The zero-order valence-corrected chi connectivity index (χ0v) is 18.2. The second-order valence-electron chi connectivity index (χ2n) is 9.43. The molecule has 4 rings (SSSR count). The molecule has 0 saturated carbocycles. The van der Waals surface area contributed by atoms with Crippen molar-refractivity contribution in [2.75, 3.05) is 0 Å². The Morgan fingerprint density at radius 2 is 1.90 bits per heavy atom. The third-order valence-electron chi connectivity index (χ3n) is 5.60. The lowest BCUT2D eigenvalue weighted by atomic mass is 9.79. The smallest absolute Gasteiger partial charge is 0.264 e. The first kappa shape index (κ1) is 20.0. The van der Waals surface area contributed by atoms with Gasteiger partial charge in [0.05, 0.1) is 11.4 Å². The lowest BCUT2D eigenvalue weighted by Crippen LogP contribution is -2.63. The van der Waals surface area contributed by atoms with Crippen LogP contribution in [-0.2, 0) is 4.79 Å². The van der Waals surface area contributed by atoms with Gasteiger partial charge in [0.15, 0.2) is 6.17 Å². The van der Waals surface area contributed by atoms with Crippen molar-refractivity contribution in [3.63, 3.8) is 0 Å². The van der Waals surface area contributed by atoms with Crippen LogP contribution in [0.3, 0.4) is 0 Å². The van der Waals surface area contributed by atoms with Crippen molar-refractivity contribution < 1.29 is 4.79 Å². The van der Waals surface area contributed by atoms with E-state index < -0.39 is 6.17 Å². The number of fused-ring (bicyclic) bond motifs is 1. The van der Waals surface area contributed by atoms with Gasteiger partial charge in [-0.15, -0.1) is 0 Å². The van der Waals surface area contributed by atoms with E-state index in [0.29, 0.717) is 5.02 Å². The summed E-state index contributed by atoms with van der Waals surface area (Å²) in [4.78, 5) is 15.3. The maximum absolute atomic E-state index is 13.3. The van der Waals surface area contributed by atoms with Crippen LogP contribution in [0.25, 0.3) is 5.70 Å². The van der Waals surface area contributed by atoms with Crippen molar-refractivity contribution in [1.29, 1.82) is 0 Å². The zero-order valence-electron chi connectivity index (χ0n) is 17.4. The van der Waals surface area contributed by atoms with Crippen LogP contribution in [0.15, 0.2) is 54.4 Å². The Labute approximate surface area is 177 Å². The highest BCUT2D eigenvalue weighted by Crippen LogP contribution is 2.33. The fourth-order valence-electron chi connectivity index (χ4n) is 4.94. The third-order valence-corrected chi connectivity index (χ3v) is 5.84. The van der Waals surface area contributed by atoms with E-state index >= 15 is 0 Å². The number of hydrogen-bond acceptors (Lipinski definition) is 4. The lowest BCUT2D eigenvalue weighted by Gasteiger charge is -2.46. The van der Waals surface area contributed by atoms with Gasteiger partial charge in [-0.3, -0.25) is 4.79 Å². The molecule has 3 aliphatic heterocycles. The van der Waals surface area contributed by atoms with Gasteiger partial charge in [0.25, 0.3) is 5.91 Å². The van der Waals surface area contributed by atoms with E-state index in [4.69, 9.17) is 11.6 Å². The topological polar surface area (TPSA) is 56.4 Å². The fourth-order valence-corrected chi connectivity index (χ4v) is 5.14. The Bertz CT molecular complexity index is 899.